The van der Waals surface area contributed by atoms with Gasteiger partial charge in [-0.05, 0) is 48.2 Å². The van der Waals surface area contributed by atoms with Crippen LogP contribution in [0.15, 0.2) is 42.5 Å². The lowest BCUT2D eigenvalue weighted by molar-refractivity contribution is 0.133. The minimum absolute atomic E-state index is 0.159. The fourth-order valence-corrected chi connectivity index (χ4v) is 4.13. The second-order valence-electron chi connectivity index (χ2n) is 6.78. The first-order chi connectivity index (χ1) is 12.2. The van der Waals surface area contributed by atoms with Gasteiger partial charge in [0.25, 0.3) is 0 Å². The van der Waals surface area contributed by atoms with E-state index in [2.05, 4.69) is 31.2 Å². The molecule has 0 aromatic heterocycles. The number of fused-ring (bicyclic) bond motifs is 1. The molecule has 2 aromatic rings. The minimum atomic E-state index is -0.159. The fraction of sp³-hybridized carbons (Fsp3) is 0.400. The molecule has 132 valence electrons. The van der Waals surface area contributed by atoms with E-state index < -0.39 is 0 Å². The van der Waals surface area contributed by atoms with Crippen molar-refractivity contribution in [2.75, 3.05) is 20.4 Å². The summed E-state index contributed by atoms with van der Waals surface area (Å²) in [4.78, 5) is 0. The first-order valence-corrected chi connectivity index (χ1v) is 8.72. The van der Waals surface area contributed by atoms with Gasteiger partial charge in [-0.1, -0.05) is 25.1 Å². The average molecular weight is 340 g/mol. The minimum Gasteiger partial charge on any atom is -0.497 e. The molecule has 25 heavy (non-hydrogen) atoms. The van der Waals surface area contributed by atoms with E-state index in [0.29, 0.717) is 12.7 Å². The van der Waals surface area contributed by atoms with Crippen molar-refractivity contribution in [2.24, 2.45) is 5.84 Å². The Bertz CT molecular complexity index is 762. The molecule has 1 fully saturated rings. The molecule has 0 saturated carbocycles. The van der Waals surface area contributed by atoms with E-state index in [1.54, 1.807) is 7.11 Å². The molecule has 0 unspecified atom stereocenters. The summed E-state index contributed by atoms with van der Waals surface area (Å²) in [7, 11) is 1.69. The molecule has 2 atom stereocenters. The number of benzene rings is 2. The van der Waals surface area contributed by atoms with E-state index in [0.717, 1.165) is 36.6 Å². The Kier molecular flexibility index (Phi) is 4.06. The highest BCUT2D eigenvalue weighted by molar-refractivity contribution is 5.46. The predicted octanol–water partition coefficient (Wildman–Crippen LogP) is 3.39. The first kappa shape index (κ1) is 16.2. The molecule has 2 aromatic carbocycles. The van der Waals surface area contributed by atoms with Gasteiger partial charge in [0.1, 0.15) is 5.75 Å². The van der Waals surface area contributed by atoms with E-state index >= 15 is 0 Å². The van der Waals surface area contributed by atoms with E-state index in [1.807, 2.05) is 23.2 Å². The van der Waals surface area contributed by atoms with Crippen LogP contribution in [-0.4, -0.2) is 25.5 Å². The summed E-state index contributed by atoms with van der Waals surface area (Å²) in [6, 6.07) is 14.5. The molecule has 2 aliphatic rings. The summed E-state index contributed by atoms with van der Waals surface area (Å²) in [6.07, 6.45) is 1.93. The molecule has 0 aliphatic carbocycles. The summed E-state index contributed by atoms with van der Waals surface area (Å²) < 4.78 is 16.2. The van der Waals surface area contributed by atoms with E-state index in [-0.39, 0.29) is 5.54 Å². The maximum absolute atomic E-state index is 6.51. The van der Waals surface area contributed by atoms with Gasteiger partial charge in [-0.3, -0.25) is 5.84 Å². The summed E-state index contributed by atoms with van der Waals surface area (Å²) in [6.45, 7) is 3.32. The molecule has 4 rings (SSSR count). The van der Waals surface area contributed by atoms with Gasteiger partial charge in [0.05, 0.1) is 12.6 Å². The molecule has 0 bridgehead atoms. The topological polar surface area (TPSA) is 57.0 Å². The Morgan fingerprint density at radius 1 is 1.16 bits per heavy atom. The second-order valence-corrected chi connectivity index (χ2v) is 6.78. The molecule has 2 N–H and O–H groups in total. The zero-order chi connectivity index (χ0) is 17.4. The van der Waals surface area contributed by atoms with Crippen molar-refractivity contribution in [3.05, 3.63) is 53.6 Å². The summed E-state index contributed by atoms with van der Waals surface area (Å²) >= 11 is 0. The summed E-state index contributed by atoms with van der Waals surface area (Å²) in [5, 5.41) is 2.00. The lowest BCUT2D eigenvalue weighted by atomic mass is 9.81. The lowest BCUT2D eigenvalue weighted by Gasteiger charge is -2.35. The number of nitrogens with two attached hydrogens (primary N) is 1. The van der Waals surface area contributed by atoms with Crippen LogP contribution in [0.25, 0.3) is 0 Å². The van der Waals surface area contributed by atoms with Crippen molar-refractivity contribution >= 4 is 0 Å². The molecule has 0 spiro atoms. The molecule has 0 amide bonds. The third kappa shape index (κ3) is 2.64. The van der Waals surface area contributed by atoms with Crippen LogP contribution in [0.1, 0.15) is 36.8 Å². The number of ether oxygens (including phenoxy) is 3. The van der Waals surface area contributed by atoms with Crippen molar-refractivity contribution in [1.82, 2.24) is 5.01 Å². The van der Waals surface area contributed by atoms with Crippen LogP contribution in [-0.2, 0) is 5.54 Å². The number of nitrogens with zero attached hydrogens (tertiary/aromatic N) is 1. The average Bonchev–Trinajstić information content (AvgIpc) is 3.25. The van der Waals surface area contributed by atoms with Crippen molar-refractivity contribution in [3.8, 4) is 17.2 Å². The highest BCUT2D eigenvalue weighted by Crippen LogP contribution is 2.47. The Morgan fingerprint density at radius 2 is 1.92 bits per heavy atom. The molecule has 0 radical (unpaired) electrons. The zero-order valence-corrected chi connectivity index (χ0v) is 14.7. The van der Waals surface area contributed by atoms with Gasteiger partial charge < -0.3 is 14.2 Å². The maximum atomic E-state index is 6.51. The summed E-state index contributed by atoms with van der Waals surface area (Å²) in [5.41, 5.74) is 2.33. The van der Waals surface area contributed by atoms with Crippen LogP contribution in [0.2, 0.25) is 0 Å². The molecule has 5 nitrogen and oxygen atoms in total. The monoisotopic (exact) mass is 340 g/mol. The quantitative estimate of drug-likeness (QED) is 0.865. The van der Waals surface area contributed by atoms with Crippen LogP contribution in [0.4, 0.5) is 0 Å². The van der Waals surface area contributed by atoms with Gasteiger partial charge in [0.15, 0.2) is 11.5 Å². The number of hydrogen-bond acceptors (Lipinski definition) is 5. The maximum Gasteiger partial charge on any atom is 0.231 e. The van der Waals surface area contributed by atoms with Crippen molar-refractivity contribution in [3.63, 3.8) is 0 Å². The van der Waals surface area contributed by atoms with Gasteiger partial charge in [-0.25, -0.2) is 5.01 Å². The lowest BCUT2D eigenvalue weighted by Crippen LogP contribution is -2.45. The third-order valence-corrected chi connectivity index (χ3v) is 5.63. The molecule has 2 heterocycles. The van der Waals surface area contributed by atoms with Crippen LogP contribution >= 0.6 is 0 Å². The first-order valence-electron chi connectivity index (χ1n) is 8.72. The Morgan fingerprint density at radius 3 is 2.64 bits per heavy atom. The molecular formula is C20H24N2O3. The van der Waals surface area contributed by atoms with Crippen molar-refractivity contribution in [2.45, 2.75) is 31.2 Å². The van der Waals surface area contributed by atoms with Crippen LogP contribution in [0, 0.1) is 0 Å². The fourth-order valence-electron chi connectivity index (χ4n) is 4.13. The number of hydrazine groups is 1. The van der Waals surface area contributed by atoms with Gasteiger partial charge in [0, 0.05) is 12.5 Å². The Balaban J connectivity index is 1.64. The van der Waals surface area contributed by atoms with E-state index in [9.17, 15) is 0 Å². The summed E-state index contributed by atoms with van der Waals surface area (Å²) in [5.74, 6) is 9.40. The van der Waals surface area contributed by atoms with Gasteiger partial charge in [0.2, 0.25) is 6.79 Å². The second kappa shape index (κ2) is 6.24. The normalized spacial score (nSPS) is 25.3. The van der Waals surface area contributed by atoms with Crippen LogP contribution < -0.4 is 20.1 Å². The van der Waals surface area contributed by atoms with Gasteiger partial charge in [-0.15, -0.1) is 0 Å². The van der Waals surface area contributed by atoms with Crippen LogP contribution in [0.3, 0.4) is 0 Å². The predicted molar refractivity (Wildman–Crippen MR) is 95.8 cm³/mol. The van der Waals surface area contributed by atoms with Crippen LogP contribution in [0.5, 0.6) is 17.2 Å². The largest absolute Gasteiger partial charge is 0.497 e. The van der Waals surface area contributed by atoms with Gasteiger partial charge in [-0.2, -0.15) is 0 Å². The van der Waals surface area contributed by atoms with E-state index in [4.69, 9.17) is 20.1 Å². The third-order valence-electron chi connectivity index (χ3n) is 5.63. The Labute approximate surface area is 148 Å². The molecule has 2 aliphatic heterocycles. The number of methoxy groups -OCH3 is 1. The highest BCUT2D eigenvalue weighted by atomic mass is 16.7. The smallest absolute Gasteiger partial charge is 0.231 e. The van der Waals surface area contributed by atoms with E-state index in [1.165, 1.54) is 11.1 Å². The van der Waals surface area contributed by atoms with Gasteiger partial charge >= 0.3 is 0 Å². The molecule has 5 heteroatoms. The van der Waals surface area contributed by atoms with Crippen molar-refractivity contribution < 1.29 is 14.2 Å². The SMILES string of the molecule is CC[C@@]1(c2ccc(OC)cc2)C[C@@H](c2ccc3c(c2)OCO3)CN1N. The number of rotatable bonds is 4. The zero-order valence-electron chi connectivity index (χ0n) is 14.7. The number of hydrogen-bond donors (Lipinski definition) is 1. The standard InChI is InChI=1S/C20H24N2O3/c1-3-20(16-5-7-17(23-2)8-6-16)11-15(12-22(20)21)14-4-9-18-19(10-14)25-13-24-18/h4-10,15H,3,11-13,21H2,1-2H3/t15-,20+/m1/s1. The molecular weight excluding hydrogens is 316 g/mol. The van der Waals surface area contributed by atoms with Crippen molar-refractivity contribution in [1.29, 1.82) is 0 Å². The molecule has 1 saturated heterocycles. The Hall–Kier alpha value is -2.24. The highest BCUT2D eigenvalue weighted by Gasteiger charge is 2.45.